The fraction of sp³-hybridized carbons (Fsp3) is 0.727. The molecule has 2 heterocycles. The molecule has 18 heavy (non-hydrogen) atoms. The number of hydrogen-bond acceptors (Lipinski definition) is 6. The number of β-amino-alcohol motifs (C(OH)–C–C–N with tert-alkyl or cyclic N) is 1. The van der Waals surface area contributed by atoms with Gasteiger partial charge in [0.2, 0.25) is 0 Å². The molecule has 0 spiro atoms. The van der Waals surface area contributed by atoms with Crippen molar-refractivity contribution in [2.45, 2.75) is 37.3 Å². The summed E-state index contributed by atoms with van der Waals surface area (Å²) in [5, 5.41) is 19.8. The first-order valence-electron chi connectivity index (χ1n) is 6.25. The standard InChI is InChI=1S/C11H16N4O3/c16-9(13-7-2-3-7)8-14-10(18-15-8)11(17)4-1-5-12-6-11/h7,12,17H,1-6H2,(H,13,16). The van der Waals surface area contributed by atoms with Gasteiger partial charge in [0.1, 0.15) is 0 Å². The van der Waals surface area contributed by atoms with Gasteiger partial charge >= 0.3 is 0 Å². The highest BCUT2D eigenvalue weighted by atomic mass is 16.5. The van der Waals surface area contributed by atoms with Crippen LogP contribution in [0, 0.1) is 0 Å². The maximum absolute atomic E-state index is 11.7. The minimum Gasteiger partial charge on any atom is -0.379 e. The second-order valence-electron chi connectivity index (χ2n) is 4.98. The number of nitrogens with zero attached hydrogens (tertiary/aromatic N) is 2. The molecular formula is C11H16N4O3. The van der Waals surface area contributed by atoms with Crippen molar-refractivity contribution in [1.29, 1.82) is 0 Å². The summed E-state index contributed by atoms with van der Waals surface area (Å²) in [5.41, 5.74) is -1.15. The smallest absolute Gasteiger partial charge is 0.292 e. The van der Waals surface area contributed by atoms with E-state index in [1.165, 1.54) is 0 Å². The van der Waals surface area contributed by atoms with E-state index in [1.54, 1.807) is 0 Å². The highest BCUT2D eigenvalue weighted by Gasteiger charge is 2.38. The van der Waals surface area contributed by atoms with Gasteiger partial charge in [-0.3, -0.25) is 4.79 Å². The van der Waals surface area contributed by atoms with Crippen LogP contribution in [0.3, 0.4) is 0 Å². The fourth-order valence-electron chi connectivity index (χ4n) is 2.05. The predicted octanol–water partition coefficient (Wildman–Crippen LogP) is -0.467. The summed E-state index contributed by atoms with van der Waals surface area (Å²) in [7, 11) is 0. The summed E-state index contributed by atoms with van der Waals surface area (Å²) in [5.74, 6) is -0.216. The molecule has 3 rings (SSSR count). The third kappa shape index (κ3) is 2.23. The Morgan fingerprint density at radius 2 is 2.39 bits per heavy atom. The van der Waals surface area contributed by atoms with Crippen LogP contribution in [0.2, 0.25) is 0 Å². The number of nitrogens with one attached hydrogen (secondary N) is 2. The summed E-state index contributed by atoms with van der Waals surface area (Å²) in [6, 6.07) is 0.249. The quantitative estimate of drug-likeness (QED) is 0.672. The lowest BCUT2D eigenvalue weighted by molar-refractivity contribution is -0.0167. The van der Waals surface area contributed by atoms with Crippen molar-refractivity contribution < 1.29 is 14.4 Å². The number of aliphatic hydroxyl groups is 1. The Morgan fingerprint density at radius 1 is 1.56 bits per heavy atom. The Bertz CT molecular complexity index is 449. The number of aromatic nitrogens is 2. The molecule has 1 aromatic heterocycles. The minimum atomic E-state index is -1.15. The van der Waals surface area contributed by atoms with Crippen LogP contribution in [0.4, 0.5) is 0 Å². The van der Waals surface area contributed by atoms with Gasteiger partial charge in [0.05, 0.1) is 0 Å². The molecule has 1 unspecified atom stereocenters. The van der Waals surface area contributed by atoms with Crippen LogP contribution in [0.15, 0.2) is 4.52 Å². The normalized spacial score (nSPS) is 28.1. The zero-order valence-corrected chi connectivity index (χ0v) is 9.98. The van der Waals surface area contributed by atoms with Gasteiger partial charge in [-0.05, 0) is 32.2 Å². The maximum Gasteiger partial charge on any atom is 0.292 e. The van der Waals surface area contributed by atoms with Gasteiger partial charge in [0, 0.05) is 12.6 Å². The summed E-state index contributed by atoms with van der Waals surface area (Å²) in [6.07, 6.45) is 3.41. The highest BCUT2D eigenvalue weighted by molar-refractivity contribution is 5.90. The number of carbonyl (C=O) groups is 1. The molecule has 1 aliphatic heterocycles. The van der Waals surface area contributed by atoms with Crippen molar-refractivity contribution in [2.75, 3.05) is 13.1 Å². The molecule has 2 fully saturated rings. The summed E-state index contributed by atoms with van der Waals surface area (Å²) in [4.78, 5) is 15.7. The van der Waals surface area contributed by atoms with E-state index >= 15 is 0 Å². The molecule has 0 radical (unpaired) electrons. The predicted molar refractivity (Wildman–Crippen MR) is 60.8 cm³/mol. The van der Waals surface area contributed by atoms with E-state index in [1.807, 2.05) is 0 Å². The molecule has 1 atom stereocenters. The Balaban J connectivity index is 1.73. The minimum absolute atomic E-state index is 0.00380. The van der Waals surface area contributed by atoms with Gasteiger partial charge in [-0.2, -0.15) is 4.98 Å². The van der Waals surface area contributed by atoms with Gasteiger partial charge in [0.15, 0.2) is 5.60 Å². The molecule has 7 nitrogen and oxygen atoms in total. The summed E-state index contributed by atoms with van der Waals surface area (Å²) in [6.45, 7) is 1.24. The maximum atomic E-state index is 11.7. The van der Waals surface area contributed by atoms with Crippen molar-refractivity contribution in [3.05, 3.63) is 11.7 Å². The number of hydrogen-bond donors (Lipinski definition) is 3. The lowest BCUT2D eigenvalue weighted by atomic mass is 9.94. The van der Waals surface area contributed by atoms with Gasteiger partial charge in [0.25, 0.3) is 17.6 Å². The van der Waals surface area contributed by atoms with E-state index in [4.69, 9.17) is 4.52 Å². The molecule has 98 valence electrons. The van der Waals surface area contributed by atoms with Crippen LogP contribution in [0.5, 0.6) is 0 Å². The molecule has 3 N–H and O–H groups in total. The van der Waals surface area contributed by atoms with E-state index in [-0.39, 0.29) is 23.7 Å². The first-order chi connectivity index (χ1) is 8.67. The molecule has 1 aromatic rings. The monoisotopic (exact) mass is 252 g/mol. The van der Waals surface area contributed by atoms with Gasteiger partial charge in [-0.25, -0.2) is 0 Å². The summed E-state index contributed by atoms with van der Waals surface area (Å²) >= 11 is 0. The van der Waals surface area contributed by atoms with E-state index in [0.29, 0.717) is 13.0 Å². The Morgan fingerprint density at radius 3 is 3.06 bits per heavy atom. The number of piperidine rings is 1. The third-order valence-corrected chi connectivity index (χ3v) is 3.30. The van der Waals surface area contributed by atoms with Crippen molar-refractivity contribution >= 4 is 5.91 Å². The SMILES string of the molecule is O=C(NC1CC1)c1noc(C2(O)CCCNC2)n1. The van der Waals surface area contributed by atoms with Crippen LogP contribution in [-0.4, -0.2) is 40.3 Å². The molecule has 1 amide bonds. The summed E-state index contributed by atoms with van der Waals surface area (Å²) < 4.78 is 5.02. The zero-order chi connectivity index (χ0) is 12.6. The molecule has 1 saturated heterocycles. The lowest BCUT2D eigenvalue weighted by Gasteiger charge is -2.28. The van der Waals surface area contributed by atoms with Gasteiger partial charge in [-0.15, -0.1) is 0 Å². The fourth-order valence-corrected chi connectivity index (χ4v) is 2.05. The first kappa shape index (κ1) is 11.6. The zero-order valence-electron chi connectivity index (χ0n) is 9.98. The second kappa shape index (κ2) is 4.33. The van der Waals surface area contributed by atoms with Gasteiger partial charge < -0.3 is 20.3 Å². The molecular weight excluding hydrogens is 236 g/mol. The van der Waals surface area contributed by atoms with Crippen LogP contribution in [0.1, 0.15) is 42.2 Å². The Kier molecular flexibility index (Phi) is 2.79. The largest absolute Gasteiger partial charge is 0.379 e. The number of rotatable bonds is 3. The molecule has 1 aliphatic carbocycles. The van der Waals surface area contributed by atoms with Crippen molar-refractivity contribution in [3.8, 4) is 0 Å². The van der Waals surface area contributed by atoms with Crippen LogP contribution >= 0.6 is 0 Å². The Labute approximate surface area is 104 Å². The van der Waals surface area contributed by atoms with Crippen molar-refractivity contribution in [2.24, 2.45) is 0 Å². The van der Waals surface area contributed by atoms with Crippen molar-refractivity contribution in [1.82, 2.24) is 20.8 Å². The van der Waals surface area contributed by atoms with Crippen LogP contribution in [0.25, 0.3) is 0 Å². The second-order valence-corrected chi connectivity index (χ2v) is 4.98. The van der Waals surface area contributed by atoms with Crippen molar-refractivity contribution in [3.63, 3.8) is 0 Å². The van der Waals surface area contributed by atoms with Crippen LogP contribution < -0.4 is 10.6 Å². The average Bonchev–Trinajstić information content (AvgIpc) is 3.03. The van der Waals surface area contributed by atoms with E-state index in [2.05, 4.69) is 20.8 Å². The molecule has 7 heteroatoms. The number of amides is 1. The Hall–Kier alpha value is -1.47. The number of carbonyl (C=O) groups excluding carboxylic acids is 1. The average molecular weight is 252 g/mol. The first-order valence-corrected chi connectivity index (χ1v) is 6.25. The highest BCUT2D eigenvalue weighted by Crippen LogP contribution is 2.27. The van der Waals surface area contributed by atoms with Gasteiger partial charge in [-0.1, -0.05) is 5.16 Å². The van der Waals surface area contributed by atoms with Crippen LogP contribution in [-0.2, 0) is 5.60 Å². The molecule has 0 bridgehead atoms. The topological polar surface area (TPSA) is 100 Å². The molecule has 0 aromatic carbocycles. The van der Waals surface area contributed by atoms with E-state index in [9.17, 15) is 9.90 Å². The molecule has 1 saturated carbocycles. The lowest BCUT2D eigenvalue weighted by Crippen LogP contribution is -2.43. The third-order valence-electron chi connectivity index (χ3n) is 3.30. The van der Waals surface area contributed by atoms with E-state index in [0.717, 1.165) is 25.8 Å². The molecule has 2 aliphatic rings. The van der Waals surface area contributed by atoms with E-state index < -0.39 is 5.60 Å².